The summed E-state index contributed by atoms with van der Waals surface area (Å²) in [7, 11) is -3.77. The fourth-order valence-electron chi connectivity index (χ4n) is 3.24. The predicted molar refractivity (Wildman–Crippen MR) is 119 cm³/mol. The molecule has 4 nitrogen and oxygen atoms in total. The van der Waals surface area contributed by atoms with Crippen LogP contribution in [0.25, 0.3) is 0 Å². The lowest BCUT2D eigenvalue weighted by Crippen LogP contribution is -2.18. The average molecular weight is 423 g/mol. The topological polar surface area (TPSA) is 60.4 Å². The molecule has 0 saturated heterocycles. The van der Waals surface area contributed by atoms with E-state index in [-0.39, 0.29) is 23.2 Å². The van der Waals surface area contributed by atoms with Crippen LogP contribution in [0.5, 0.6) is 5.75 Å². The zero-order valence-corrected chi connectivity index (χ0v) is 18.2. The van der Waals surface area contributed by atoms with Crippen LogP contribution < -0.4 is 4.74 Å². The van der Waals surface area contributed by atoms with E-state index in [9.17, 15) is 13.2 Å². The number of benzene rings is 3. The van der Waals surface area contributed by atoms with Gasteiger partial charge < -0.3 is 4.74 Å². The molecule has 3 aromatic rings. The molecule has 30 heavy (non-hydrogen) atoms. The summed E-state index contributed by atoms with van der Waals surface area (Å²) in [6.07, 6.45) is -0.118. The van der Waals surface area contributed by atoms with Crippen LogP contribution in [0, 0.1) is 6.92 Å². The Morgan fingerprint density at radius 2 is 1.47 bits per heavy atom. The fraction of sp³-hybridized carbons (Fsp3) is 0.240. The first-order chi connectivity index (χ1) is 14.3. The van der Waals surface area contributed by atoms with Gasteiger partial charge >= 0.3 is 0 Å². The second-order valence-electron chi connectivity index (χ2n) is 7.58. The smallest absolute Gasteiger partial charge is 0.185 e. The zero-order chi connectivity index (χ0) is 21.7. The summed E-state index contributed by atoms with van der Waals surface area (Å²) in [6.45, 7) is 5.76. The molecule has 0 fully saturated rings. The lowest BCUT2D eigenvalue weighted by molar-refractivity contribution is 0.0980. The molecule has 0 spiro atoms. The van der Waals surface area contributed by atoms with Gasteiger partial charge in [-0.25, -0.2) is 8.42 Å². The lowest BCUT2D eigenvalue weighted by atomic mass is 10.0. The van der Waals surface area contributed by atoms with Crippen molar-refractivity contribution in [3.63, 3.8) is 0 Å². The third-order valence-electron chi connectivity index (χ3n) is 4.81. The molecule has 1 unspecified atom stereocenters. The number of sulfone groups is 1. The second-order valence-corrected chi connectivity index (χ2v) is 9.71. The molecule has 0 bridgehead atoms. The molecule has 3 rings (SSSR count). The Hall–Kier alpha value is -2.92. The van der Waals surface area contributed by atoms with Crippen LogP contribution >= 0.6 is 0 Å². The van der Waals surface area contributed by atoms with E-state index in [1.807, 2.05) is 26.8 Å². The SMILES string of the molecule is Cc1ccc(S(=O)(=O)C(CC(=O)c2ccccc2)c2ccc(OC(C)C)cc2)cc1. The lowest BCUT2D eigenvalue weighted by Gasteiger charge is -2.19. The second kappa shape index (κ2) is 9.26. The van der Waals surface area contributed by atoms with E-state index < -0.39 is 15.1 Å². The molecule has 0 heterocycles. The van der Waals surface area contributed by atoms with Gasteiger partial charge in [0.15, 0.2) is 15.6 Å². The van der Waals surface area contributed by atoms with E-state index in [4.69, 9.17) is 4.74 Å². The quantitative estimate of drug-likeness (QED) is 0.445. The van der Waals surface area contributed by atoms with E-state index in [1.54, 1.807) is 72.8 Å². The number of hydrogen-bond acceptors (Lipinski definition) is 4. The standard InChI is InChI=1S/C25H26O4S/c1-18(2)29-22-13-11-21(12-14-22)25(17-24(26)20-7-5-4-6-8-20)30(27,28)23-15-9-19(3)10-16-23/h4-16,18,25H,17H2,1-3H3. The van der Waals surface area contributed by atoms with Gasteiger partial charge in [0.05, 0.1) is 16.2 Å². The number of ketones is 1. The Morgan fingerprint density at radius 1 is 0.867 bits per heavy atom. The van der Waals surface area contributed by atoms with Gasteiger partial charge in [-0.2, -0.15) is 0 Å². The van der Waals surface area contributed by atoms with Crippen molar-refractivity contribution in [1.82, 2.24) is 0 Å². The Balaban J connectivity index is 2.00. The summed E-state index contributed by atoms with van der Waals surface area (Å²) in [5.41, 5.74) is 2.04. The number of Topliss-reactive ketones (excluding diaryl/α,β-unsaturated/α-hetero) is 1. The molecule has 0 saturated carbocycles. The average Bonchev–Trinajstić information content (AvgIpc) is 2.73. The van der Waals surface area contributed by atoms with Crippen LogP contribution in [0.3, 0.4) is 0 Å². The highest BCUT2D eigenvalue weighted by atomic mass is 32.2. The number of carbonyl (C=O) groups excluding carboxylic acids is 1. The van der Waals surface area contributed by atoms with Crippen LogP contribution in [0.2, 0.25) is 0 Å². The molecule has 0 aromatic heterocycles. The van der Waals surface area contributed by atoms with Crippen molar-refractivity contribution in [2.75, 3.05) is 0 Å². The molecule has 0 aliphatic heterocycles. The fourth-order valence-corrected chi connectivity index (χ4v) is 4.97. The van der Waals surface area contributed by atoms with Gasteiger partial charge in [-0.05, 0) is 50.6 Å². The summed E-state index contributed by atoms with van der Waals surface area (Å²) < 4.78 is 32.6. The summed E-state index contributed by atoms with van der Waals surface area (Å²) in [4.78, 5) is 13.1. The maximum Gasteiger partial charge on any atom is 0.185 e. The zero-order valence-electron chi connectivity index (χ0n) is 17.4. The highest BCUT2D eigenvalue weighted by molar-refractivity contribution is 7.91. The van der Waals surface area contributed by atoms with Crippen molar-refractivity contribution < 1.29 is 17.9 Å². The molecule has 5 heteroatoms. The first kappa shape index (κ1) is 21.8. The van der Waals surface area contributed by atoms with Crippen molar-refractivity contribution in [3.05, 3.63) is 95.6 Å². The molecule has 0 amide bonds. The van der Waals surface area contributed by atoms with Crippen LogP contribution in [-0.2, 0) is 9.84 Å². The first-order valence-corrected chi connectivity index (χ1v) is 11.5. The third kappa shape index (κ3) is 5.16. The molecular formula is C25H26O4S. The highest BCUT2D eigenvalue weighted by Gasteiger charge is 2.31. The molecular weight excluding hydrogens is 396 g/mol. The van der Waals surface area contributed by atoms with E-state index in [1.165, 1.54) is 0 Å². The minimum absolute atomic E-state index is 0.0163. The third-order valence-corrected chi connectivity index (χ3v) is 6.93. The summed E-state index contributed by atoms with van der Waals surface area (Å²) in [5.74, 6) is 0.452. The summed E-state index contributed by atoms with van der Waals surface area (Å²) in [6, 6.07) is 22.5. The van der Waals surface area contributed by atoms with Crippen LogP contribution in [0.1, 0.15) is 47.0 Å². The largest absolute Gasteiger partial charge is 0.491 e. The van der Waals surface area contributed by atoms with Crippen molar-refractivity contribution in [3.8, 4) is 5.75 Å². The highest BCUT2D eigenvalue weighted by Crippen LogP contribution is 2.34. The van der Waals surface area contributed by atoms with Gasteiger partial charge in [-0.3, -0.25) is 4.79 Å². The van der Waals surface area contributed by atoms with Crippen molar-refractivity contribution in [2.24, 2.45) is 0 Å². The van der Waals surface area contributed by atoms with Crippen LogP contribution in [0.4, 0.5) is 0 Å². The van der Waals surface area contributed by atoms with Gasteiger partial charge in [0.25, 0.3) is 0 Å². The Kier molecular flexibility index (Phi) is 6.73. The van der Waals surface area contributed by atoms with E-state index in [0.717, 1.165) is 5.56 Å². The van der Waals surface area contributed by atoms with Gasteiger partial charge in [-0.15, -0.1) is 0 Å². The van der Waals surface area contributed by atoms with Gasteiger partial charge in [0.1, 0.15) is 5.75 Å². The maximum absolute atomic E-state index is 13.5. The van der Waals surface area contributed by atoms with Crippen molar-refractivity contribution in [1.29, 1.82) is 0 Å². The number of rotatable bonds is 8. The number of hydrogen-bond donors (Lipinski definition) is 0. The maximum atomic E-state index is 13.5. The van der Waals surface area contributed by atoms with E-state index in [0.29, 0.717) is 16.9 Å². The van der Waals surface area contributed by atoms with E-state index >= 15 is 0 Å². The summed E-state index contributed by atoms with van der Waals surface area (Å²) in [5, 5.41) is -0.985. The molecule has 0 aliphatic carbocycles. The van der Waals surface area contributed by atoms with Crippen molar-refractivity contribution in [2.45, 2.75) is 43.4 Å². The Bertz CT molecular complexity index is 1080. The summed E-state index contributed by atoms with van der Waals surface area (Å²) >= 11 is 0. The molecule has 1 atom stereocenters. The molecule has 156 valence electrons. The minimum Gasteiger partial charge on any atom is -0.491 e. The monoisotopic (exact) mass is 422 g/mol. The van der Waals surface area contributed by atoms with Gasteiger partial charge in [0, 0.05) is 12.0 Å². The number of ether oxygens (including phenoxy) is 1. The molecule has 0 N–H and O–H groups in total. The first-order valence-electron chi connectivity index (χ1n) is 9.93. The molecule has 0 aliphatic rings. The minimum atomic E-state index is -3.77. The van der Waals surface area contributed by atoms with E-state index in [2.05, 4.69) is 0 Å². The predicted octanol–water partition coefficient (Wildman–Crippen LogP) is 5.57. The molecule has 3 aromatic carbocycles. The number of carbonyl (C=O) groups is 1. The van der Waals surface area contributed by atoms with Gasteiger partial charge in [-0.1, -0.05) is 60.2 Å². The normalized spacial score (nSPS) is 12.5. The Morgan fingerprint density at radius 3 is 2.03 bits per heavy atom. The number of aryl methyl sites for hydroxylation is 1. The van der Waals surface area contributed by atoms with Crippen LogP contribution in [0.15, 0.2) is 83.8 Å². The Labute approximate surface area is 178 Å². The van der Waals surface area contributed by atoms with Crippen LogP contribution in [-0.4, -0.2) is 20.3 Å². The van der Waals surface area contributed by atoms with Gasteiger partial charge in [0.2, 0.25) is 0 Å². The molecule has 0 radical (unpaired) electrons. The van der Waals surface area contributed by atoms with Crippen molar-refractivity contribution >= 4 is 15.6 Å².